The summed E-state index contributed by atoms with van der Waals surface area (Å²) >= 11 is 0. The molecule has 0 heteroatoms. The Kier molecular flexibility index (Phi) is 7.52. The molecule has 5 rings (SSSR count). The molecule has 0 spiro atoms. The zero-order valence-electron chi connectivity index (χ0n) is 24.1. The zero-order valence-corrected chi connectivity index (χ0v) is 24.1. The lowest BCUT2D eigenvalue weighted by molar-refractivity contribution is -0.117. The maximum absolute atomic E-state index is 2.77. The maximum Gasteiger partial charge on any atom is -0.0159 e. The highest BCUT2D eigenvalue weighted by atomic mass is 14.6. The third kappa shape index (κ3) is 4.56. The maximum atomic E-state index is 2.77. The molecule has 1 aromatic carbocycles. The summed E-state index contributed by atoms with van der Waals surface area (Å²) < 4.78 is 0. The van der Waals surface area contributed by atoms with Crippen molar-refractivity contribution in [2.45, 2.75) is 125 Å². The average molecular weight is 477 g/mol. The predicted molar refractivity (Wildman–Crippen MR) is 151 cm³/mol. The van der Waals surface area contributed by atoms with Crippen molar-refractivity contribution in [2.24, 2.45) is 58.2 Å². The Morgan fingerprint density at radius 3 is 2.23 bits per heavy atom. The molecule has 10 atom stereocenters. The smallest absolute Gasteiger partial charge is 0.0159 e. The van der Waals surface area contributed by atoms with E-state index in [4.69, 9.17) is 0 Å². The molecular formula is C35H56. The lowest BCUT2D eigenvalue weighted by Gasteiger charge is -2.61. The monoisotopic (exact) mass is 476 g/mol. The summed E-state index contributed by atoms with van der Waals surface area (Å²) in [4.78, 5) is 0. The topological polar surface area (TPSA) is 0 Å². The third-order valence-corrected chi connectivity index (χ3v) is 13.2. The van der Waals surface area contributed by atoms with Gasteiger partial charge in [0, 0.05) is 0 Å². The Labute approximate surface area is 218 Å². The normalized spacial score (nSPS) is 42.7. The minimum atomic E-state index is 0.616. The van der Waals surface area contributed by atoms with E-state index in [0.717, 1.165) is 53.3 Å². The second-order valence-corrected chi connectivity index (χ2v) is 14.7. The Bertz CT molecular complexity index is 824. The van der Waals surface area contributed by atoms with E-state index >= 15 is 0 Å². The first kappa shape index (κ1) is 25.9. The fraction of sp³-hybridized carbons (Fsp3) is 0.829. The van der Waals surface area contributed by atoms with E-state index < -0.39 is 0 Å². The quantitative estimate of drug-likeness (QED) is 0.367. The lowest BCUT2D eigenvalue weighted by atomic mass is 9.43. The van der Waals surface area contributed by atoms with Crippen molar-refractivity contribution in [1.29, 1.82) is 0 Å². The molecule has 0 radical (unpaired) electrons. The van der Waals surface area contributed by atoms with Gasteiger partial charge >= 0.3 is 0 Å². The van der Waals surface area contributed by atoms with Gasteiger partial charge in [-0.05, 0) is 134 Å². The Morgan fingerprint density at radius 1 is 0.800 bits per heavy atom. The van der Waals surface area contributed by atoms with Crippen LogP contribution < -0.4 is 0 Å². The number of fused-ring (bicyclic) bond motifs is 5. The molecule has 0 heterocycles. The van der Waals surface area contributed by atoms with Crippen molar-refractivity contribution >= 4 is 0 Å². The molecule has 5 unspecified atom stereocenters. The second-order valence-electron chi connectivity index (χ2n) is 14.7. The molecular weight excluding hydrogens is 420 g/mol. The predicted octanol–water partition coefficient (Wildman–Crippen LogP) is 10.5. The number of rotatable bonds is 7. The van der Waals surface area contributed by atoms with Crippen molar-refractivity contribution < 1.29 is 0 Å². The summed E-state index contributed by atoms with van der Waals surface area (Å²) in [6.45, 7) is 15.5. The highest BCUT2D eigenvalue weighted by Crippen LogP contribution is 2.69. The van der Waals surface area contributed by atoms with E-state index in [1.165, 1.54) is 64.2 Å². The average Bonchev–Trinajstić information content (AvgIpc) is 3.21. The Hall–Kier alpha value is -0.780. The number of benzene rings is 1. The van der Waals surface area contributed by atoms with E-state index in [1.54, 1.807) is 18.4 Å². The minimum absolute atomic E-state index is 0.616. The van der Waals surface area contributed by atoms with Crippen LogP contribution in [0, 0.1) is 58.2 Å². The van der Waals surface area contributed by atoms with Crippen molar-refractivity contribution in [2.75, 3.05) is 0 Å². The lowest BCUT2D eigenvalue weighted by Crippen LogP contribution is -2.53. The van der Waals surface area contributed by atoms with E-state index in [-0.39, 0.29) is 0 Å². The largest absolute Gasteiger partial charge is 0.0651 e. The summed E-state index contributed by atoms with van der Waals surface area (Å²) in [6.07, 6.45) is 17.8. The Balaban J connectivity index is 1.26. The first-order valence-electron chi connectivity index (χ1n) is 15.8. The van der Waals surface area contributed by atoms with Crippen molar-refractivity contribution in [3.63, 3.8) is 0 Å². The first-order valence-corrected chi connectivity index (χ1v) is 15.8. The minimum Gasteiger partial charge on any atom is -0.0651 e. The molecule has 4 aliphatic rings. The summed E-state index contributed by atoms with van der Waals surface area (Å²) in [6, 6.07) is 11.5. The van der Waals surface area contributed by atoms with Gasteiger partial charge in [0.15, 0.2) is 0 Å². The van der Waals surface area contributed by atoms with Gasteiger partial charge in [-0.3, -0.25) is 0 Å². The molecule has 0 bridgehead atoms. The van der Waals surface area contributed by atoms with Crippen LogP contribution >= 0.6 is 0 Å². The zero-order chi connectivity index (χ0) is 24.8. The molecule has 196 valence electrons. The fourth-order valence-electron chi connectivity index (χ4n) is 10.9. The molecule has 4 saturated carbocycles. The fourth-order valence-corrected chi connectivity index (χ4v) is 10.9. The van der Waals surface area contributed by atoms with Crippen LogP contribution in [-0.2, 0) is 0 Å². The van der Waals surface area contributed by atoms with Crippen LogP contribution in [0.3, 0.4) is 0 Å². The SMILES string of the molecule is CC[C@H](CC[C@@H](C)[C@H]1CCC2C3CCC4CC(c5ccccc5)CC[C@]4(C)C3CC[C@@]21C)C(C)C. The van der Waals surface area contributed by atoms with Crippen LogP contribution in [0.1, 0.15) is 130 Å². The van der Waals surface area contributed by atoms with Crippen LogP contribution in [0.5, 0.6) is 0 Å². The summed E-state index contributed by atoms with van der Waals surface area (Å²) in [7, 11) is 0. The van der Waals surface area contributed by atoms with Gasteiger partial charge in [-0.2, -0.15) is 0 Å². The highest BCUT2D eigenvalue weighted by molar-refractivity contribution is 5.21. The molecule has 4 fully saturated rings. The van der Waals surface area contributed by atoms with Crippen LogP contribution in [0.25, 0.3) is 0 Å². The van der Waals surface area contributed by atoms with Crippen molar-refractivity contribution in [3.05, 3.63) is 35.9 Å². The standard InChI is InChI=1S/C35H56/c1-7-26(24(2)3)14-13-25(4)31-17-18-32-30-16-15-29-23-28(27-11-9-8-10-12-27)19-21-34(29,5)33(30)20-22-35(31,32)6/h8-12,24-26,28-33H,7,13-23H2,1-6H3/t25-,26-,28?,29?,30?,31-,32?,33?,34+,35-/m1/s1. The summed E-state index contributed by atoms with van der Waals surface area (Å²) in [5, 5.41) is 0. The molecule has 0 saturated heterocycles. The molecule has 0 aliphatic heterocycles. The molecule has 0 amide bonds. The van der Waals surface area contributed by atoms with Crippen LogP contribution in [0.4, 0.5) is 0 Å². The molecule has 1 aromatic rings. The highest BCUT2D eigenvalue weighted by Gasteiger charge is 2.60. The Morgan fingerprint density at radius 2 is 1.51 bits per heavy atom. The van der Waals surface area contributed by atoms with Gasteiger partial charge in [0.05, 0.1) is 0 Å². The van der Waals surface area contributed by atoms with Gasteiger partial charge < -0.3 is 0 Å². The summed E-state index contributed by atoms with van der Waals surface area (Å²) in [5.41, 5.74) is 2.86. The van der Waals surface area contributed by atoms with E-state index in [9.17, 15) is 0 Å². The van der Waals surface area contributed by atoms with Gasteiger partial charge in [-0.1, -0.05) is 84.7 Å². The second kappa shape index (κ2) is 10.2. The van der Waals surface area contributed by atoms with E-state index in [1.807, 2.05) is 0 Å². The molecule has 0 aromatic heterocycles. The van der Waals surface area contributed by atoms with Gasteiger partial charge in [0.2, 0.25) is 0 Å². The molecule has 4 aliphatic carbocycles. The van der Waals surface area contributed by atoms with Gasteiger partial charge in [0.1, 0.15) is 0 Å². The van der Waals surface area contributed by atoms with Gasteiger partial charge in [-0.15, -0.1) is 0 Å². The molecule has 35 heavy (non-hydrogen) atoms. The van der Waals surface area contributed by atoms with Crippen molar-refractivity contribution in [1.82, 2.24) is 0 Å². The van der Waals surface area contributed by atoms with Crippen LogP contribution in [-0.4, -0.2) is 0 Å². The third-order valence-electron chi connectivity index (χ3n) is 13.2. The van der Waals surface area contributed by atoms with Crippen LogP contribution in [0.2, 0.25) is 0 Å². The number of hydrogen-bond acceptors (Lipinski definition) is 0. The van der Waals surface area contributed by atoms with Crippen LogP contribution in [0.15, 0.2) is 30.3 Å². The number of hydrogen-bond donors (Lipinski definition) is 0. The van der Waals surface area contributed by atoms with E-state index in [0.29, 0.717) is 10.8 Å². The van der Waals surface area contributed by atoms with Gasteiger partial charge in [-0.25, -0.2) is 0 Å². The van der Waals surface area contributed by atoms with Gasteiger partial charge in [0.25, 0.3) is 0 Å². The molecule has 0 N–H and O–H groups in total. The molecule has 0 nitrogen and oxygen atoms in total. The van der Waals surface area contributed by atoms with Crippen molar-refractivity contribution in [3.8, 4) is 0 Å². The first-order chi connectivity index (χ1) is 16.8. The van der Waals surface area contributed by atoms with E-state index in [2.05, 4.69) is 71.9 Å². The summed E-state index contributed by atoms with van der Waals surface area (Å²) in [5.74, 6) is 8.52.